The van der Waals surface area contributed by atoms with Crippen LogP contribution in [-0.2, 0) is 17.4 Å². The third-order valence-electron chi connectivity index (χ3n) is 3.12. The third-order valence-corrected chi connectivity index (χ3v) is 3.49. The van der Waals surface area contributed by atoms with Crippen LogP contribution in [0.4, 0.5) is 36.4 Å². The summed E-state index contributed by atoms with van der Waals surface area (Å²) in [4.78, 5) is 11.8. The van der Waals surface area contributed by atoms with Crippen LogP contribution in [0.3, 0.4) is 0 Å². The van der Waals surface area contributed by atoms with Gasteiger partial charge in [0.25, 0.3) is 0 Å². The molecule has 1 N–H and O–H groups in total. The smallest absolute Gasteiger partial charge is 0.321 e. The highest BCUT2D eigenvalue weighted by Crippen LogP contribution is 2.38. The number of halogens is 8. The van der Waals surface area contributed by atoms with Gasteiger partial charge in [0.15, 0.2) is 23.3 Å². The Kier molecular flexibility index (Phi) is 5.26. The highest BCUT2D eigenvalue weighted by atomic mass is 35.5. The number of rotatable bonds is 3. The van der Waals surface area contributed by atoms with Crippen molar-refractivity contribution >= 4 is 23.2 Å². The summed E-state index contributed by atoms with van der Waals surface area (Å²) in [5.74, 6) is -11.2. The maximum Gasteiger partial charge on any atom is 0.422 e. The molecular weight excluding hydrogens is 379 g/mol. The molecule has 0 spiro atoms. The number of benzene rings is 2. The predicted octanol–water partition coefficient (Wildman–Crippen LogP) is 5.10. The van der Waals surface area contributed by atoms with E-state index in [1.165, 1.54) is 23.5 Å². The Hall–Kier alpha value is -2.29. The van der Waals surface area contributed by atoms with E-state index in [2.05, 4.69) is 0 Å². The number of carbonyl (C=O) groups is 1. The second-order valence-corrected chi connectivity index (χ2v) is 5.23. The Morgan fingerprint density at radius 2 is 1.48 bits per heavy atom. The number of hydrogen-bond donors (Lipinski definition) is 1. The molecule has 0 fully saturated rings. The Morgan fingerprint density at radius 1 is 0.960 bits per heavy atom. The lowest BCUT2D eigenvalue weighted by molar-refractivity contribution is -0.143. The number of hydrogen-bond acceptors (Lipinski definition) is 1. The van der Waals surface area contributed by atoms with Gasteiger partial charge in [-0.1, -0.05) is 29.8 Å². The Balaban J connectivity index is 2.38. The molecular formula is C15H7ClF7NO. The van der Waals surface area contributed by atoms with Crippen molar-refractivity contribution in [2.45, 2.75) is 12.6 Å². The van der Waals surface area contributed by atoms with Crippen LogP contribution in [-0.4, -0.2) is 5.91 Å². The summed E-state index contributed by atoms with van der Waals surface area (Å²) in [5, 5.41) is 1.66. The van der Waals surface area contributed by atoms with Crippen LogP contribution in [0.15, 0.2) is 24.3 Å². The molecule has 0 bridgehead atoms. The molecule has 0 heterocycles. The predicted molar refractivity (Wildman–Crippen MR) is 75.1 cm³/mol. The summed E-state index contributed by atoms with van der Waals surface area (Å²) in [5.41, 5.74) is -4.14. The molecule has 1 amide bonds. The van der Waals surface area contributed by atoms with E-state index < -0.39 is 53.0 Å². The Labute approximate surface area is 141 Å². The first-order valence-corrected chi connectivity index (χ1v) is 6.88. The molecule has 0 radical (unpaired) electrons. The number of anilines is 1. The first-order valence-electron chi connectivity index (χ1n) is 6.50. The van der Waals surface area contributed by atoms with Crippen molar-refractivity contribution in [2.75, 3.05) is 5.32 Å². The monoisotopic (exact) mass is 385 g/mol. The van der Waals surface area contributed by atoms with E-state index in [9.17, 15) is 35.5 Å². The summed E-state index contributed by atoms with van der Waals surface area (Å²) in [7, 11) is 0. The van der Waals surface area contributed by atoms with Crippen LogP contribution in [0.5, 0.6) is 0 Å². The lowest BCUT2D eigenvalue weighted by atomic mass is 10.1. The van der Waals surface area contributed by atoms with Crippen LogP contribution in [0.2, 0.25) is 5.02 Å². The van der Waals surface area contributed by atoms with Crippen LogP contribution < -0.4 is 5.32 Å². The molecule has 2 aromatic rings. The number of amides is 1. The fourth-order valence-corrected chi connectivity index (χ4v) is 2.19. The molecule has 0 atom stereocenters. The molecule has 2 aromatic carbocycles. The zero-order valence-corrected chi connectivity index (χ0v) is 12.7. The molecule has 0 aliphatic carbocycles. The average molecular weight is 386 g/mol. The van der Waals surface area contributed by atoms with Crippen LogP contribution in [0, 0.1) is 23.3 Å². The molecule has 0 aromatic heterocycles. The van der Waals surface area contributed by atoms with Crippen molar-refractivity contribution in [3.63, 3.8) is 0 Å². The maximum atomic E-state index is 13.7. The molecule has 2 rings (SSSR count). The SMILES string of the molecule is O=C(Cc1ccccc1Cl)Nc1c(F)c(F)c(C(F)(F)F)c(F)c1F. The first kappa shape index (κ1) is 19.0. The molecule has 0 aliphatic rings. The van der Waals surface area contributed by atoms with Gasteiger partial charge in [-0.15, -0.1) is 0 Å². The lowest BCUT2D eigenvalue weighted by Gasteiger charge is -2.14. The molecule has 25 heavy (non-hydrogen) atoms. The molecule has 134 valence electrons. The average Bonchev–Trinajstić information content (AvgIpc) is 2.51. The van der Waals surface area contributed by atoms with Gasteiger partial charge in [0.2, 0.25) is 5.91 Å². The lowest BCUT2D eigenvalue weighted by Crippen LogP contribution is -2.21. The second kappa shape index (κ2) is 6.91. The van der Waals surface area contributed by atoms with Crippen molar-refractivity contribution in [3.8, 4) is 0 Å². The van der Waals surface area contributed by atoms with E-state index in [-0.39, 0.29) is 10.6 Å². The molecule has 10 heteroatoms. The number of alkyl halides is 3. The van der Waals surface area contributed by atoms with Gasteiger partial charge in [0.1, 0.15) is 11.3 Å². The van der Waals surface area contributed by atoms with Crippen molar-refractivity contribution < 1.29 is 35.5 Å². The van der Waals surface area contributed by atoms with E-state index in [4.69, 9.17) is 11.6 Å². The van der Waals surface area contributed by atoms with Crippen LogP contribution >= 0.6 is 11.6 Å². The van der Waals surface area contributed by atoms with E-state index in [1.54, 1.807) is 6.07 Å². The van der Waals surface area contributed by atoms with Gasteiger partial charge in [0.05, 0.1) is 6.42 Å². The number of carbonyl (C=O) groups excluding carboxylic acids is 1. The van der Waals surface area contributed by atoms with Crippen molar-refractivity contribution in [1.29, 1.82) is 0 Å². The molecule has 0 saturated heterocycles. The largest absolute Gasteiger partial charge is 0.422 e. The van der Waals surface area contributed by atoms with Crippen LogP contribution in [0.25, 0.3) is 0 Å². The first-order chi connectivity index (χ1) is 11.5. The minimum absolute atomic E-state index is 0.142. The summed E-state index contributed by atoms with van der Waals surface area (Å²) in [6.07, 6.45) is -6.18. The van der Waals surface area contributed by atoms with Crippen molar-refractivity contribution in [3.05, 3.63) is 63.7 Å². The zero-order chi connectivity index (χ0) is 18.9. The summed E-state index contributed by atoms with van der Waals surface area (Å²) >= 11 is 5.78. The zero-order valence-electron chi connectivity index (χ0n) is 11.9. The van der Waals surface area contributed by atoms with E-state index in [0.29, 0.717) is 0 Å². The summed E-state index contributed by atoms with van der Waals surface area (Å²) in [6.45, 7) is 0. The van der Waals surface area contributed by atoms with Gasteiger partial charge in [0, 0.05) is 5.02 Å². The highest BCUT2D eigenvalue weighted by Gasteiger charge is 2.42. The topological polar surface area (TPSA) is 29.1 Å². The summed E-state index contributed by atoms with van der Waals surface area (Å²) < 4.78 is 91.8. The van der Waals surface area contributed by atoms with Crippen molar-refractivity contribution in [1.82, 2.24) is 0 Å². The van der Waals surface area contributed by atoms with Gasteiger partial charge in [-0.25, -0.2) is 17.6 Å². The highest BCUT2D eigenvalue weighted by molar-refractivity contribution is 6.31. The Morgan fingerprint density at radius 3 is 1.96 bits per heavy atom. The Bertz CT molecular complexity index is 806. The molecule has 2 nitrogen and oxygen atoms in total. The van der Waals surface area contributed by atoms with Crippen LogP contribution in [0.1, 0.15) is 11.1 Å². The maximum absolute atomic E-state index is 13.7. The van der Waals surface area contributed by atoms with E-state index >= 15 is 0 Å². The van der Waals surface area contributed by atoms with Gasteiger partial charge in [-0.05, 0) is 11.6 Å². The number of nitrogens with one attached hydrogen (secondary N) is 1. The minimum Gasteiger partial charge on any atom is -0.321 e. The second-order valence-electron chi connectivity index (χ2n) is 4.82. The van der Waals surface area contributed by atoms with Gasteiger partial charge in [-0.3, -0.25) is 4.79 Å². The quantitative estimate of drug-likeness (QED) is 0.578. The fourth-order valence-electron chi connectivity index (χ4n) is 1.99. The fraction of sp³-hybridized carbons (Fsp3) is 0.133. The molecule has 0 unspecified atom stereocenters. The van der Waals surface area contributed by atoms with Crippen molar-refractivity contribution in [2.24, 2.45) is 0 Å². The molecule has 0 aliphatic heterocycles. The van der Waals surface area contributed by atoms with Gasteiger partial charge < -0.3 is 5.32 Å². The van der Waals surface area contributed by atoms with E-state index in [0.717, 1.165) is 0 Å². The van der Waals surface area contributed by atoms with Gasteiger partial charge >= 0.3 is 6.18 Å². The standard InChI is InChI=1S/C15H7ClF7NO/c16-7-4-2-1-3-6(7)5-8(25)24-14-12(19)10(17)9(15(21,22)23)11(18)13(14)20/h1-4H,5H2,(H,24,25). The molecule has 0 saturated carbocycles. The normalized spacial score (nSPS) is 11.5. The minimum atomic E-state index is -5.66. The van der Waals surface area contributed by atoms with Gasteiger partial charge in [-0.2, -0.15) is 13.2 Å². The summed E-state index contributed by atoms with van der Waals surface area (Å²) in [6, 6.07) is 5.88. The third kappa shape index (κ3) is 3.87. The van der Waals surface area contributed by atoms with E-state index in [1.807, 2.05) is 0 Å².